The minimum absolute atomic E-state index is 0.350. The number of nitrogens with one attached hydrogen (secondary N) is 1. The molecule has 3 heterocycles. The summed E-state index contributed by atoms with van der Waals surface area (Å²) in [5, 5.41) is 8.48. The van der Waals surface area contributed by atoms with Gasteiger partial charge in [-0.05, 0) is 54.1 Å². The van der Waals surface area contributed by atoms with E-state index in [9.17, 15) is 0 Å². The molecule has 0 spiro atoms. The average Bonchev–Trinajstić information content (AvgIpc) is 3.54. The van der Waals surface area contributed by atoms with Crippen molar-refractivity contribution in [3.05, 3.63) is 77.5 Å². The Morgan fingerprint density at radius 3 is 2.53 bits per heavy atom. The molecule has 0 unspecified atom stereocenters. The second kappa shape index (κ2) is 9.32. The van der Waals surface area contributed by atoms with Crippen molar-refractivity contribution in [1.29, 1.82) is 0 Å². The zero-order valence-corrected chi connectivity index (χ0v) is 19.1. The molecular weight excluding hydrogens is 458 g/mol. The maximum atomic E-state index is 5.98. The summed E-state index contributed by atoms with van der Waals surface area (Å²) in [4.78, 5) is 9.19. The molecule has 0 fully saturated rings. The zero-order chi connectivity index (χ0) is 23.5. The van der Waals surface area contributed by atoms with Crippen LogP contribution in [0.15, 0.2) is 71.3 Å². The molecule has 0 amide bonds. The van der Waals surface area contributed by atoms with Crippen molar-refractivity contribution in [2.45, 2.75) is 6.54 Å². The second-order valence-corrected chi connectivity index (χ2v) is 7.64. The van der Waals surface area contributed by atoms with E-state index in [4.69, 9.17) is 30.2 Å². The standard InChI is InChI=1S/C24H20ClN5O4/c1-31-18-10-5-15(12-20(18)32-2)14-26-24-28-22(34-17-8-6-16(25)7-9-17)13-21-27-23(29-30(21)24)19-4-3-11-33-19/h3-13H,14H2,1-2H3,(H,26,28). The molecule has 5 rings (SSSR count). The van der Waals surface area contributed by atoms with Crippen LogP contribution >= 0.6 is 11.6 Å². The summed E-state index contributed by atoms with van der Waals surface area (Å²) in [5.74, 6) is 3.67. The van der Waals surface area contributed by atoms with Gasteiger partial charge in [0.15, 0.2) is 22.9 Å². The lowest BCUT2D eigenvalue weighted by atomic mass is 10.2. The van der Waals surface area contributed by atoms with E-state index in [1.54, 1.807) is 67.5 Å². The molecule has 0 aliphatic carbocycles. The Kier molecular flexibility index (Phi) is 5.92. The van der Waals surface area contributed by atoms with Gasteiger partial charge < -0.3 is 23.9 Å². The van der Waals surface area contributed by atoms with Crippen LogP contribution in [-0.4, -0.2) is 33.8 Å². The maximum absolute atomic E-state index is 5.98. The van der Waals surface area contributed by atoms with E-state index >= 15 is 0 Å². The number of nitrogens with zero attached hydrogens (tertiary/aromatic N) is 4. The first-order valence-corrected chi connectivity index (χ1v) is 10.7. The molecule has 172 valence electrons. The van der Waals surface area contributed by atoms with Crippen LogP contribution in [0.25, 0.3) is 17.2 Å². The van der Waals surface area contributed by atoms with E-state index in [0.29, 0.717) is 57.9 Å². The molecular formula is C24H20ClN5O4. The Morgan fingerprint density at radius 1 is 0.971 bits per heavy atom. The van der Waals surface area contributed by atoms with Gasteiger partial charge in [0.05, 0.1) is 20.5 Å². The van der Waals surface area contributed by atoms with Gasteiger partial charge in [0.25, 0.3) is 0 Å². The Bertz CT molecular complexity index is 1420. The van der Waals surface area contributed by atoms with Crippen molar-refractivity contribution < 1.29 is 18.6 Å². The first kappa shape index (κ1) is 21.6. The molecule has 0 radical (unpaired) electrons. The summed E-state index contributed by atoms with van der Waals surface area (Å²) < 4.78 is 23.7. The van der Waals surface area contributed by atoms with Crippen LogP contribution < -0.4 is 19.5 Å². The monoisotopic (exact) mass is 477 g/mol. The number of ether oxygens (including phenoxy) is 3. The maximum Gasteiger partial charge on any atom is 0.229 e. The number of hydrogen-bond acceptors (Lipinski definition) is 8. The number of furan rings is 1. The summed E-state index contributed by atoms with van der Waals surface area (Å²) in [6, 6.07) is 18.0. The van der Waals surface area contributed by atoms with Gasteiger partial charge in [-0.2, -0.15) is 9.50 Å². The quantitative estimate of drug-likeness (QED) is 0.315. The van der Waals surface area contributed by atoms with Gasteiger partial charge in [-0.25, -0.2) is 4.98 Å². The van der Waals surface area contributed by atoms with E-state index in [1.165, 1.54) is 0 Å². The zero-order valence-electron chi connectivity index (χ0n) is 18.4. The van der Waals surface area contributed by atoms with Gasteiger partial charge in [0.2, 0.25) is 17.7 Å². The highest BCUT2D eigenvalue weighted by atomic mass is 35.5. The lowest BCUT2D eigenvalue weighted by Gasteiger charge is -2.12. The average molecular weight is 478 g/mol. The second-order valence-electron chi connectivity index (χ2n) is 7.20. The summed E-state index contributed by atoms with van der Waals surface area (Å²) in [7, 11) is 3.20. The van der Waals surface area contributed by atoms with E-state index in [0.717, 1.165) is 5.56 Å². The van der Waals surface area contributed by atoms with Crippen LogP contribution in [0.4, 0.5) is 5.95 Å². The number of benzene rings is 2. The van der Waals surface area contributed by atoms with Gasteiger partial charge in [-0.1, -0.05) is 17.7 Å². The molecule has 0 saturated heterocycles. The molecule has 5 aromatic rings. The fourth-order valence-corrected chi connectivity index (χ4v) is 3.47. The highest BCUT2D eigenvalue weighted by molar-refractivity contribution is 6.30. The molecule has 2 aromatic carbocycles. The summed E-state index contributed by atoms with van der Waals surface area (Å²) in [6.07, 6.45) is 1.57. The van der Waals surface area contributed by atoms with Gasteiger partial charge in [0.1, 0.15) is 5.75 Å². The van der Waals surface area contributed by atoms with Crippen LogP contribution in [0.1, 0.15) is 5.56 Å². The van der Waals surface area contributed by atoms with Crippen molar-refractivity contribution in [3.8, 4) is 34.7 Å². The SMILES string of the molecule is COc1ccc(CNc2nc(Oc3ccc(Cl)cc3)cc3nc(-c4ccco4)nn23)cc1OC. The lowest BCUT2D eigenvalue weighted by molar-refractivity contribution is 0.354. The third-order valence-corrected chi connectivity index (χ3v) is 5.23. The van der Waals surface area contributed by atoms with Gasteiger partial charge >= 0.3 is 0 Å². The van der Waals surface area contributed by atoms with E-state index in [-0.39, 0.29) is 0 Å². The molecule has 3 aromatic heterocycles. The number of rotatable bonds is 8. The van der Waals surface area contributed by atoms with Gasteiger partial charge in [-0.15, -0.1) is 5.10 Å². The number of anilines is 1. The molecule has 0 bridgehead atoms. The Morgan fingerprint density at radius 2 is 1.79 bits per heavy atom. The molecule has 1 N–H and O–H groups in total. The molecule has 9 nitrogen and oxygen atoms in total. The third-order valence-electron chi connectivity index (χ3n) is 4.98. The Balaban J connectivity index is 1.49. The van der Waals surface area contributed by atoms with Crippen molar-refractivity contribution in [2.75, 3.05) is 19.5 Å². The number of hydrogen-bond donors (Lipinski definition) is 1. The van der Waals surface area contributed by atoms with E-state index in [2.05, 4.69) is 20.4 Å². The van der Waals surface area contributed by atoms with Crippen LogP contribution in [0.3, 0.4) is 0 Å². The van der Waals surface area contributed by atoms with Gasteiger partial charge in [-0.3, -0.25) is 0 Å². The van der Waals surface area contributed by atoms with E-state index < -0.39 is 0 Å². The summed E-state index contributed by atoms with van der Waals surface area (Å²) in [6.45, 7) is 0.447. The number of halogens is 1. The first-order chi connectivity index (χ1) is 16.6. The molecule has 10 heteroatoms. The highest BCUT2D eigenvalue weighted by Gasteiger charge is 2.15. The lowest BCUT2D eigenvalue weighted by Crippen LogP contribution is -2.08. The van der Waals surface area contributed by atoms with Crippen LogP contribution in [0.5, 0.6) is 23.1 Å². The largest absolute Gasteiger partial charge is 0.493 e. The highest BCUT2D eigenvalue weighted by Crippen LogP contribution is 2.29. The number of fused-ring (bicyclic) bond motifs is 1. The normalized spacial score (nSPS) is 10.9. The number of methoxy groups -OCH3 is 2. The first-order valence-electron chi connectivity index (χ1n) is 10.3. The molecule has 0 aliphatic heterocycles. The predicted octanol–water partition coefficient (Wildman–Crippen LogP) is 5.46. The molecule has 0 atom stereocenters. The van der Waals surface area contributed by atoms with E-state index in [1.807, 2.05) is 18.2 Å². The molecule has 0 saturated carbocycles. The molecule has 0 aliphatic rings. The van der Waals surface area contributed by atoms with Crippen LogP contribution in [0, 0.1) is 0 Å². The smallest absolute Gasteiger partial charge is 0.229 e. The fraction of sp³-hybridized carbons (Fsp3) is 0.125. The Labute approximate surface area is 199 Å². The molecule has 34 heavy (non-hydrogen) atoms. The minimum atomic E-state index is 0.350. The fourth-order valence-electron chi connectivity index (χ4n) is 3.34. The van der Waals surface area contributed by atoms with Crippen molar-refractivity contribution >= 4 is 23.2 Å². The Hall–Kier alpha value is -4.24. The van der Waals surface area contributed by atoms with Crippen molar-refractivity contribution in [2.24, 2.45) is 0 Å². The topological polar surface area (TPSA) is 95.9 Å². The summed E-state index contributed by atoms with van der Waals surface area (Å²) >= 11 is 5.98. The van der Waals surface area contributed by atoms with Crippen molar-refractivity contribution in [1.82, 2.24) is 19.6 Å². The summed E-state index contributed by atoms with van der Waals surface area (Å²) in [5.41, 5.74) is 1.50. The van der Waals surface area contributed by atoms with Crippen LogP contribution in [-0.2, 0) is 6.54 Å². The van der Waals surface area contributed by atoms with Crippen molar-refractivity contribution in [3.63, 3.8) is 0 Å². The third kappa shape index (κ3) is 4.46. The number of aromatic nitrogens is 4. The van der Waals surface area contributed by atoms with Crippen LogP contribution in [0.2, 0.25) is 5.02 Å². The van der Waals surface area contributed by atoms with Gasteiger partial charge in [0, 0.05) is 17.6 Å². The predicted molar refractivity (Wildman–Crippen MR) is 127 cm³/mol. The minimum Gasteiger partial charge on any atom is -0.493 e.